The van der Waals surface area contributed by atoms with Crippen LogP contribution in [-0.2, 0) is 11.3 Å². The highest BCUT2D eigenvalue weighted by Crippen LogP contribution is 2.07. The maximum absolute atomic E-state index is 11.0. The molecule has 0 saturated carbocycles. The van der Waals surface area contributed by atoms with Crippen LogP contribution in [0, 0.1) is 6.92 Å². The Balaban J connectivity index is 0. The molecule has 0 fully saturated rings. The molecular formula is C9H14Cl2N2O2. The number of nitrogens with two attached hydrogens (primary N) is 1. The zero-order valence-corrected chi connectivity index (χ0v) is 10.2. The highest BCUT2D eigenvalue weighted by molar-refractivity contribution is 5.87. The lowest BCUT2D eigenvalue weighted by Crippen LogP contribution is -2.07. The molecule has 0 aliphatic carbocycles. The van der Waals surface area contributed by atoms with Crippen LogP contribution in [0.4, 0.5) is 0 Å². The fourth-order valence-corrected chi connectivity index (χ4v) is 1.01. The van der Waals surface area contributed by atoms with Crippen LogP contribution in [0.5, 0.6) is 0 Å². The van der Waals surface area contributed by atoms with Gasteiger partial charge >= 0.3 is 5.97 Å². The summed E-state index contributed by atoms with van der Waals surface area (Å²) in [5.41, 5.74) is 7.66. The number of carbonyl (C=O) groups excluding carboxylic acids is 1. The van der Waals surface area contributed by atoms with Crippen LogP contribution < -0.4 is 5.73 Å². The van der Waals surface area contributed by atoms with Gasteiger partial charge in [-0.1, -0.05) is 0 Å². The molecule has 1 aromatic heterocycles. The van der Waals surface area contributed by atoms with Crippen LogP contribution in [0.3, 0.4) is 0 Å². The van der Waals surface area contributed by atoms with Crippen molar-refractivity contribution >= 4 is 30.8 Å². The summed E-state index contributed by atoms with van der Waals surface area (Å²) in [5, 5.41) is 0. The minimum absolute atomic E-state index is 0. The largest absolute Gasteiger partial charge is 0.464 e. The number of carbonyl (C=O) groups is 1. The monoisotopic (exact) mass is 252 g/mol. The summed E-state index contributed by atoms with van der Waals surface area (Å²) in [7, 11) is 1.33. The van der Waals surface area contributed by atoms with Crippen molar-refractivity contribution in [3.63, 3.8) is 0 Å². The Hall–Kier alpha value is -0.840. The van der Waals surface area contributed by atoms with Gasteiger partial charge < -0.3 is 10.5 Å². The molecule has 0 unspecified atom stereocenters. The molecule has 15 heavy (non-hydrogen) atoms. The third-order valence-electron chi connectivity index (χ3n) is 1.83. The van der Waals surface area contributed by atoms with E-state index < -0.39 is 5.97 Å². The number of hydrogen-bond donors (Lipinski definition) is 1. The van der Waals surface area contributed by atoms with Gasteiger partial charge in [0.25, 0.3) is 0 Å². The van der Waals surface area contributed by atoms with E-state index in [4.69, 9.17) is 5.73 Å². The third kappa shape index (κ3) is 4.03. The van der Waals surface area contributed by atoms with Gasteiger partial charge in [0.15, 0.2) is 0 Å². The summed E-state index contributed by atoms with van der Waals surface area (Å²) in [6.07, 6.45) is 1.60. The van der Waals surface area contributed by atoms with E-state index in [9.17, 15) is 4.79 Å². The van der Waals surface area contributed by atoms with Crippen molar-refractivity contribution in [2.75, 3.05) is 7.11 Å². The van der Waals surface area contributed by atoms with Crippen molar-refractivity contribution in [3.8, 4) is 0 Å². The number of rotatable bonds is 2. The Morgan fingerprint density at radius 1 is 1.53 bits per heavy atom. The average molecular weight is 253 g/mol. The number of halogens is 2. The molecule has 0 aliphatic rings. The summed E-state index contributed by atoms with van der Waals surface area (Å²) >= 11 is 0. The molecule has 4 nitrogen and oxygen atoms in total. The Bertz CT molecular complexity index is 332. The lowest BCUT2D eigenvalue weighted by Gasteiger charge is -2.03. The molecule has 0 aromatic carbocycles. The number of ether oxygens (including phenoxy) is 1. The molecule has 0 radical (unpaired) electrons. The van der Waals surface area contributed by atoms with Crippen LogP contribution in [-0.4, -0.2) is 18.1 Å². The number of hydrogen-bond acceptors (Lipinski definition) is 4. The fraction of sp³-hybridized carbons (Fsp3) is 0.333. The SMILES string of the molecule is COC(=O)c1cc(C)c(CN)cn1.Cl.Cl. The number of esters is 1. The lowest BCUT2D eigenvalue weighted by molar-refractivity contribution is 0.0594. The predicted molar refractivity (Wildman–Crippen MR) is 62.7 cm³/mol. The number of pyridine rings is 1. The predicted octanol–water partition coefficient (Wildman–Crippen LogP) is 1.48. The summed E-state index contributed by atoms with van der Waals surface area (Å²) in [6, 6.07) is 1.67. The summed E-state index contributed by atoms with van der Waals surface area (Å²) < 4.78 is 4.53. The van der Waals surface area contributed by atoms with E-state index in [0.29, 0.717) is 12.2 Å². The summed E-state index contributed by atoms with van der Waals surface area (Å²) in [4.78, 5) is 15.0. The molecule has 86 valence electrons. The van der Waals surface area contributed by atoms with E-state index in [1.165, 1.54) is 7.11 Å². The van der Waals surface area contributed by atoms with Crippen LogP contribution in [0.2, 0.25) is 0 Å². The van der Waals surface area contributed by atoms with Gasteiger partial charge in [0.1, 0.15) is 5.69 Å². The highest BCUT2D eigenvalue weighted by Gasteiger charge is 2.07. The molecular weight excluding hydrogens is 239 g/mol. The maximum Gasteiger partial charge on any atom is 0.356 e. The van der Waals surface area contributed by atoms with E-state index in [2.05, 4.69) is 9.72 Å². The van der Waals surface area contributed by atoms with E-state index >= 15 is 0 Å². The van der Waals surface area contributed by atoms with Crippen LogP contribution in [0.25, 0.3) is 0 Å². The lowest BCUT2D eigenvalue weighted by atomic mass is 10.1. The third-order valence-corrected chi connectivity index (χ3v) is 1.83. The normalized spacial score (nSPS) is 8.47. The molecule has 0 spiro atoms. The Kier molecular flexibility index (Phi) is 8.24. The first-order chi connectivity index (χ1) is 6.19. The molecule has 0 atom stereocenters. The topological polar surface area (TPSA) is 65.2 Å². The van der Waals surface area contributed by atoms with Crippen molar-refractivity contribution in [2.24, 2.45) is 5.73 Å². The van der Waals surface area contributed by atoms with Gasteiger partial charge in [-0.2, -0.15) is 0 Å². The fourth-order valence-electron chi connectivity index (χ4n) is 1.01. The molecule has 0 saturated heterocycles. The number of methoxy groups -OCH3 is 1. The molecule has 6 heteroatoms. The van der Waals surface area contributed by atoms with Crippen LogP contribution in [0.1, 0.15) is 21.6 Å². The van der Waals surface area contributed by atoms with Crippen LogP contribution >= 0.6 is 24.8 Å². The van der Waals surface area contributed by atoms with Crippen molar-refractivity contribution in [3.05, 3.63) is 29.1 Å². The average Bonchev–Trinajstić information content (AvgIpc) is 2.16. The molecule has 2 N–H and O–H groups in total. The zero-order valence-electron chi connectivity index (χ0n) is 8.52. The van der Waals surface area contributed by atoms with Gasteiger partial charge in [-0.25, -0.2) is 9.78 Å². The van der Waals surface area contributed by atoms with Gasteiger partial charge in [0, 0.05) is 12.7 Å². The number of aromatic nitrogens is 1. The van der Waals surface area contributed by atoms with Crippen molar-refractivity contribution < 1.29 is 9.53 Å². The number of nitrogens with zero attached hydrogens (tertiary/aromatic N) is 1. The maximum atomic E-state index is 11.0. The standard InChI is InChI=1S/C9H12N2O2.2ClH/c1-6-3-8(9(12)13-2)11-5-7(6)4-10;;/h3,5H,4,10H2,1-2H3;2*1H. The Morgan fingerprint density at radius 2 is 2.13 bits per heavy atom. The van der Waals surface area contributed by atoms with Crippen molar-refractivity contribution in [1.29, 1.82) is 0 Å². The van der Waals surface area contributed by atoms with E-state index in [1.54, 1.807) is 12.3 Å². The minimum Gasteiger partial charge on any atom is -0.464 e. The molecule has 1 aromatic rings. The quantitative estimate of drug-likeness (QED) is 0.811. The van der Waals surface area contributed by atoms with E-state index in [0.717, 1.165) is 11.1 Å². The first-order valence-corrected chi connectivity index (χ1v) is 3.93. The summed E-state index contributed by atoms with van der Waals surface area (Å²) in [6.45, 7) is 2.32. The van der Waals surface area contributed by atoms with Gasteiger partial charge in [0.05, 0.1) is 7.11 Å². The first-order valence-electron chi connectivity index (χ1n) is 3.93. The zero-order chi connectivity index (χ0) is 9.84. The van der Waals surface area contributed by atoms with Gasteiger partial charge in [-0.05, 0) is 24.1 Å². The highest BCUT2D eigenvalue weighted by atomic mass is 35.5. The second-order valence-electron chi connectivity index (χ2n) is 2.69. The van der Waals surface area contributed by atoms with E-state index in [1.807, 2.05) is 6.92 Å². The molecule has 1 rings (SSSR count). The van der Waals surface area contributed by atoms with Gasteiger partial charge in [0.2, 0.25) is 0 Å². The van der Waals surface area contributed by atoms with Crippen LogP contribution in [0.15, 0.2) is 12.3 Å². The Morgan fingerprint density at radius 3 is 2.53 bits per heavy atom. The second-order valence-corrected chi connectivity index (χ2v) is 2.69. The van der Waals surface area contributed by atoms with Crippen molar-refractivity contribution in [2.45, 2.75) is 13.5 Å². The molecule has 0 amide bonds. The number of aryl methyl sites for hydroxylation is 1. The molecule has 0 aliphatic heterocycles. The second kappa shape index (κ2) is 7.45. The molecule has 1 heterocycles. The first kappa shape index (κ1) is 16.6. The smallest absolute Gasteiger partial charge is 0.356 e. The van der Waals surface area contributed by atoms with Gasteiger partial charge in [-0.15, -0.1) is 24.8 Å². The molecule has 0 bridgehead atoms. The van der Waals surface area contributed by atoms with Crippen molar-refractivity contribution in [1.82, 2.24) is 4.98 Å². The Labute approximate surface area is 101 Å². The van der Waals surface area contributed by atoms with E-state index in [-0.39, 0.29) is 24.8 Å². The summed E-state index contributed by atoms with van der Waals surface area (Å²) in [5.74, 6) is -0.424. The minimum atomic E-state index is -0.424. The van der Waals surface area contributed by atoms with Gasteiger partial charge in [-0.3, -0.25) is 0 Å².